The number of ether oxygens (including phenoxy) is 1. The summed E-state index contributed by atoms with van der Waals surface area (Å²) in [6.07, 6.45) is 1.32. The van der Waals surface area contributed by atoms with Gasteiger partial charge in [-0.05, 0) is 43.3 Å². The van der Waals surface area contributed by atoms with E-state index in [0.717, 1.165) is 11.3 Å². The average molecular weight is 424 g/mol. The van der Waals surface area contributed by atoms with E-state index in [0.29, 0.717) is 43.1 Å². The molecule has 3 aromatic rings. The first-order valence-corrected chi connectivity index (χ1v) is 10.3. The second-order valence-corrected chi connectivity index (χ2v) is 7.88. The van der Waals surface area contributed by atoms with Crippen molar-refractivity contribution in [3.05, 3.63) is 70.0 Å². The number of pyridine rings is 1. The number of piperidine rings is 1. The number of halogens is 1. The Kier molecular flexibility index (Phi) is 5.63. The lowest BCUT2D eigenvalue weighted by Crippen LogP contribution is -2.42. The summed E-state index contributed by atoms with van der Waals surface area (Å²) in [5, 5.41) is 4.41. The molecule has 8 heteroatoms. The van der Waals surface area contributed by atoms with Gasteiger partial charge < -0.3 is 14.2 Å². The predicted molar refractivity (Wildman–Crippen MR) is 115 cm³/mol. The monoisotopic (exact) mass is 424 g/mol. The van der Waals surface area contributed by atoms with E-state index < -0.39 is 0 Å². The fourth-order valence-corrected chi connectivity index (χ4v) is 3.77. The summed E-state index contributed by atoms with van der Waals surface area (Å²) in [5.41, 5.74) is 2.61. The van der Waals surface area contributed by atoms with Gasteiger partial charge in [-0.1, -0.05) is 0 Å². The molecule has 0 saturated carbocycles. The van der Waals surface area contributed by atoms with Crippen LogP contribution >= 0.6 is 0 Å². The highest BCUT2D eigenvalue weighted by atomic mass is 19.1. The van der Waals surface area contributed by atoms with Crippen molar-refractivity contribution >= 4 is 5.91 Å². The van der Waals surface area contributed by atoms with Crippen molar-refractivity contribution in [2.24, 2.45) is 14.1 Å². The Morgan fingerprint density at radius 2 is 1.77 bits per heavy atom. The van der Waals surface area contributed by atoms with Gasteiger partial charge in [0.15, 0.2) is 0 Å². The van der Waals surface area contributed by atoms with Gasteiger partial charge in [-0.2, -0.15) is 5.10 Å². The van der Waals surface area contributed by atoms with Gasteiger partial charge in [-0.25, -0.2) is 4.39 Å². The minimum Gasteiger partial charge on any atom is -0.490 e. The van der Waals surface area contributed by atoms with Gasteiger partial charge in [0.05, 0.1) is 5.69 Å². The molecule has 3 heterocycles. The van der Waals surface area contributed by atoms with Crippen LogP contribution in [0.3, 0.4) is 0 Å². The molecule has 1 fully saturated rings. The van der Waals surface area contributed by atoms with Crippen LogP contribution in [-0.4, -0.2) is 44.3 Å². The molecule has 0 aliphatic carbocycles. The molecule has 1 saturated heterocycles. The molecule has 162 valence electrons. The Bertz CT molecular complexity index is 1160. The van der Waals surface area contributed by atoms with Crippen LogP contribution in [0.15, 0.2) is 47.3 Å². The SMILES string of the molecule is Cc1cc(OC2CCN(C(=O)c3cc(-c4ccc(F)cc4)nn3C)CC2)cc(=O)n1C. The van der Waals surface area contributed by atoms with E-state index in [9.17, 15) is 14.0 Å². The van der Waals surface area contributed by atoms with Gasteiger partial charge in [-0.15, -0.1) is 0 Å². The minimum absolute atomic E-state index is 0.0446. The van der Waals surface area contributed by atoms with Gasteiger partial charge >= 0.3 is 0 Å². The predicted octanol–water partition coefficient (Wildman–Crippen LogP) is 2.92. The lowest BCUT2D eigenvalue weighted by molar-refractivity contribution is 0.0585. The first-order valence-electron chi connectivity index (χ1n) is 10.3. The molecule has 0 N–H and O–H groups in total. The van der Waals surface area contributed by atoms with E-state index in [1.165, 1.54) is 18.2 Å². The Hall–Kier alpha value is -3.42. The summed E-state index contributed by atoms with van der Waals surface area (Å²) in [6.45, 7) is 2.98. The van der Waals surface area contributed by atoms with Crippen LogP contribution in [0.25, 0.3) is 11.3 Å². The first kappa shape index (κ1) is 20.8. The second-order valence-electron chi connectivity index (χ2n) is 7.88. The molecule has 1 aliphatic heterocycles. The van der Waals surface area contributed by atoms with Crippen LogP contribution in [0, 0.1) is 12.7 Å². The van der Waals surface area contributed by atoms with E-state index in [1.807, 2.05) is 13.0 Å². The number of likely N-dealkylation sites (tertiary alicyclic amines) is 1. The zero-order chi connectivity index (χ0) is 22.1. The second kappa shape index (κ2) is 8.37. The van der Waals surface area contributed by atoms with Crippen LogP contribution in [-0.2, 0) is 14.1 Å². The Morgan fingerprint density at radius 3 is 2.42 bits per heavy atom. The van der Waals surface area contributed by atoms with Crippen molar-refractivity contribution in [2.45, 2.75) is 25.9 Å². The number of aromatic nitrogens is 3. The fraction of sp³-hybridized carbons (Fsp3) is 0.348. The van der Waals surface area contributed by atoms with Crippen molar-refractivity contribution in [1.29, 1.82) is 0 Å². The van der Waals surface area contributed by atoms with E-state index in [4.69, 9.17) is 4.74 Å². The Labute approximate surface area is 179 Å². The zero-order valence-corrected chi connectivity index (χ0v) is 17.8. The summed E-state index contributed by atoms with van der Waals surface area (Å²) in [6, 6.07) is 11.1. The normalized spacial score (nSPS) is 14.6. The van der Waals surface area contributed by atoms with E-state index in [-0.39, 0.29) is 23.4 Å². The summed E-state index contributed by atoms with van der Waals surface area (Å²) in [7, 11) is 3.46. The smallest absolute Gasteiger partial charge is 0.272 e. The molecular weight excluding hydrogens is 399 g/mol. The van der Waals surface area contributed by atoms with Crippen LogP contribution in [0.1, 0.15) is 29.0 Å². The summed E-state index contributed by atoms with van der Waals surface area (Å²) >= 11 is 0. The number of amides is 1. The molecule has 1 amide bonds. The van der Waals surface area contributed by atoms with Crippen molar-refractivity contribution in [3.63, 3.8) is 0 Å². The first-order chi connectivity index (χ1) is 14.8. The molecule has 0 atom stereocenters. The standard InChI is InChI=1S/C23H25FN4O3/c1-15-12-19(13-22(29)26(15)2)31-18-8-10-28(11-9-18)23(30)21-14-20(25-27(21)3)16-4-6-17(24)7-5-16/h4-7,12-14,18H,8-11H2,1-3H3. The number of hydrogen-bond acceptors (Lipinski definition) is 4. The molecule has 0 radical (unpaired) electrons. The Balaban J connectivity index is 1.40. The lowest BCUT2D eigenvalue weighted by Gasteiger charge is -2.32. The highest BCUT2D eigenvalue weighted by Gasteiger charge is 2.27. The Morgan fingerprint density at radius 1 is 1.10 bits per heavy atom. The molecule has 1 aliphatic rings. The number of carbonyl (C=O) groups excluding carboxylic acids is 1. The quantitative estimate of drug-likeness (QED) is 0.646. The van der Waals surface area contributed by atoms with Crippen molar-refractivity contribution < 1.29 is 13.9 Å². The molecular formula is C23H25FN4O3. The van der Waals surface area contributed by atoms with Crippen molar-refractivity contribution in [3.8, 4) is 17.0 Å². The van der Waals surface area contributed by atoms with Crippen molar-refractivity contribution in [2.75, 3.05) is 13.1 Å². The molecule has 0 spiro atoms. The number of benzene rings is 1. The molecule has 0 unspecified atom stereocenters. The van der Waals surface area contributed by atoms with Gasteiger partial charge in [0.25, 0.3) is 11.5 Å². The van der Waals surface area contributed by atoms with Crippen LogP contribution < -0.4 is 10.3 Å². The van der Waals surface area contributed by atoms with Gasteiger partial charge in [0, 0.05) is 57.4 Å². The topological polar surface area (TPSA) is 69.4 Å². The maximum atomic E-state index is 13.2. The maximum Gasteiger partial charge on any atom is 0.272 e. The number of aryl methyl sites for hydroxylation is 2. The molecule has 1 aromatic carbocycles. The highest BCUT2D eigenvalue weighted by molar-refractivity contribution is 5.93. The summed E-state index contributed by atoms with van der Waals surface area (Å²) in [4.78, 5) is 26.8. The summed E-state index contributed by atoms with van der Waals surface area (Å²) < 4.78 is 22.3. The van der Waals surface area contributed by atoms with Gasteiger partial charge in [0.2, 0.25) is 0 Å². The number of carbonyl (C=O) groups is 1. The minimum atomic E-state index is -0.313. The number of rotatable bonds is 4. The van der Waals surface area contributed by atoms with E-state index in [2.05, 4.69) is 5.10 Å². The third kappa shape index (κ3) is 4.38. The van der Waals surface area contributed by atoms with Crippen LogP contribution in [0.4, 0.5) is 4.39 Å². The largest absolute Gasteiger partial charge is 0.490 e. The molecule has 31 heavy (non-hydrogen) atoms. The average Bonchev–Trinajstić information content (AvgIpc) is 3.14. The molecule has 4 rings (SSSR count). The van der Waals surface area contributed by atoms with Crippen molar-refractivity contribution in [1.82, 2.24) is 19.2 Å². The van der Waals surface area contributed by atoms with Crippen LogP contribution in [0.2, 0.25) is 0 Å². The zero-order valence-electron chi connectivity index (χ0n) is 17.8. The highest BCUT2D eigenvalue weighted by Crippen LogP contribution is 2.23. The third-order valence-corrected chi connectivity index (χ3v) is 5.75. The van der Waals surface area contributed by atoms with Gasteiger partial charge in [0.1, 0.15) is 23.4 Å². The number of nitrogens with zero attached hydrogens (tertiary/aromatic N) is 4. The van der Waals surface area contributed by atoms with E-state index in [1.54, 1.807) is 46.4 Å². The van der Waals surface area contributed by atoms with E-state index >= 15 is 0 Å². The number of hydrogen-bond donors (Lipinski definition) is 0. The van der Waals surface area contributed by atoms with Crippen LogP contribution in [0.5, 0.6) is 5.75 Å². The lowest BCUT2D eigenvalue weighted by atomic mass is 10.1. The maximum absolute atomic E-state index is 13.2. The third-order valence-electron chi connectivity index (χ3n) is 5.75. The molecule has 2 aromatic heterocycles. The van der Waals surface area contributed by atoms with Gasteiger partial charge in [-0.3, -0.25) is 14.3 Å². The summed E-state index contributed by atoms with van der Waals surface area (Å²) in [5.74, 6) is 0.166. The fourth-order valence-electron chi connectivity index (χ4n) is 3.77. The molecule has 7 nitrogen and oxygen atoms in total. The molecule has 0 bridgehead atoms.